The van der Waals surface area contributed by atoms with Crippen LogP contribution in [0.4, 0.5) is 5.69 Å². The second kappa shape index (κ2) is 10.1. The number of nitrogens with zero attached hydrogens (tertiary/aromatic N) is 3. The number of ether oxygens (including phenoxy) is 1. The van der Waals surface area contributed by atoms with Gasteiger partial charge in [-0.05, 0) is 63.1 Å². The lowest BCUT2D eigenvalue weighted by molar-refractivity contribution is 0.0949. The number of piperazine rings is 1. The van der Waals surface area contributed by atoms with E-state index in [1.807, 2.05) is 11.5 Å². The first-order valence-electron chi connectivity index (χ1n) is 12.7. The molecule has 36 heavy (non-hydrogen) atoms. The Hall–Kier alpha value is -3.03. The van der Waals surface area contributed by atoms with E-state index in [-0.39, 0.29) is 23.0 Å². The number of benzene rings is 2. The summed E-state index contributed by atoms with van der Waals surface area (Å²) < 4.78 is 7.78. The van der Waals surface area contributed by atoms with Gasteiger partial charge in [0.15, 0.2) is 0 Å². The Morgan fingerprint density at radius 2 is 1.92 bits per heavy atom. The van der Waals surface area contributed by atoms with E-state index >= 15 is 0 Å². The van der Waals surface area contributed by atoms with Gasteiger partial charge in [0.05, 0.1) is 22.5 Å². The summed E-state index contributed by atoms with van der Waals surface area (Å²) in [6.07, 6.45) is 2.41. The van der Waals surface area contributed by atoms with Crippen molar-refractivity contribution in [3.05, 3.63) is 68.5 Å². The number of anilines is 1. The molecule has 0 spiro atoms. The molecule has 0 radical (unpaired) electrons. The maximum absolute atomic E-state index is 13.2. The van der Waals surface area contributed by atoms with E-state index in [1.54, 1.807) is 18.3 Å². The molecule has 8 heteroatoms. The van der Waals surface area contributed by atoms with Crippen LogP contribution in [0.15, 0.2) is 41.3 Å². The highest BCUT2D eigenvalue weighted by Crippen LogP contribution is 2.33. The summed E-state index contributed by atoms with van der Waals surface area (Å²) in [6, 6.07) is 10.1. The SMILES string of the molecule is Cc1ccc(C)c(N2CCN(CCCNC(=O)c3cn4c5c(ccc(Cl)c5c3=O)O[C@H](C)C4)CC2)c1. The zero-order valence-electron chi connectivity index (χ0n) is 21.1. The van der Waals surface area contributed by atoms with Gasteiger partial charge in [-0.1, -0.05) is 23.7 Å². The van der Waals surface area contributed by atoms with Gasteiger partial charge >= 0.3 is 0 Å². The van der Waals surface area contributed by atoms with Crippen molar-refractivity contribution in [3.63, 3.8) is 0 Å². The number of halogens is 1. The quantitative estimate of drug-likeness (QED) is 0.510. The van der Waals surface area contributed by atoms with Crippen LogP contribution in [0, 0.1) is 13.8 Å². The molecule has 190 valence electrons. The Kier molecular flexibility index (Phi) is 6.95. The Bertz CT molecular complexity index is 1360. The van der Waals surface area contributed by atoms with Crippen LogP contribution in [-0.2, 0) is 6.54 Å². The Labute approximate surface area is 216 Å². The highest BCUT2D eigenvalue weighted by Gasteiger charge is 2.25. The molecule has 0 aliphatic carbocycles. The van der Waals surface area contributed by atoms with E-state index in [4.69, 9.17) is 16.3 Å². The van der Waals surface area contributed by atoms with Gasteiger partial charge in [-0.3, -0.25) is 14.5 Å². The molecule has 1 aromatic heterocycles. The first kappa shape index (κ1) is 24.7. The average molecular weight is 509 g/mol. The van der Waals surface area contributed by atoms with Gasteiger partial charge in [0, 0.05) is 44.6 Å². The summed E-state index contributed by atoms with van der Waals surface area (Å²) >= 11 is 6.37. The van der Waals surface area contributed by atoms with Crippen LogP contribution in [-0.4, -0.2) is 60.7 Å². The molecule has 0 unspecified atom stereocenters. The molecule has 1 N–H and O–H groups in total. The molecule has 1 amide bonds. The van der Waals surface area contributed by atoms with Crippen LogP contribution in [0.3, 0.4) is 0 Å². The van der Waals surface area contributed by atoms with E-state index in [1.165, 1.54) is 16.8 Å². The minimum atomic E-state index is -0.356. The predicted octanol–water partition coefficient (Wildman–Crippen LogP) is 3.99. The van der Waals surface area contributed by atoms with Crippen molar-refractivity contribution in [2.45, 2.75) is 39.8 Å². The normalized spacial score (nSPS) is 17.8. The fraction of sp³-hybridized carbons (Fsp3) is 0.429. The Morgan fingerprint density at radius 1 is 1.14 bits per heavy atom. The molecular weight excluding hydrogens is 476 g/mol. The number of carbonyl (C=O) groups is 1. The summed E-state index contributed by atoms with van der Waals surface area (Å²) in [5.74, 6) is 0.265. The van der Waals surface area contributed by atoms with Gasteiger partial charge in [0.25, 0.3) is 5.91 Å². The molecule has 1 fully saturated rings. The van der Waals surface area contributed by atoms with Crippen LogP contribution in [0.5, 0.6) is 5.75 Å². The molecule has 2 aromatic carbocycles. The van der Waals surface area contributed by atoms with Crippen molar-refractivity contribution in [1.29, 1.82) is 0 Å². The second-order valence-electron chi connectivity index (χ2n) is 9.95. The number of hydrogen-bond acceptors (Lipinski definition) is 5. The minimum Gasteiger partial charge on any atom is -0.487 e. The van der Waals surface area contributed by atoms with E-state index in [0.29, 0.717) is 34.8 Å². The number of rotatable bonds is 6. The van der Waals surface area contributed by atoms with E-state index in [0.717, 1.165) is 39.1 Å². The molecule has 0 bridgehead atoms. The summed E-state index contributed by atoms with van der Waals surface area (Å²) in [5.41, 5.74) is 4.35. The predicted molar refractivity (Wildman–Crippen MR) is 145 cm³/mol. The summed E-state index contributed by atoms with van der Waals surface area (Å²) in [5, 5.41) is 3.62. The molecule has 7 nitrogen and oxygen atoms in total. The van der Waals surface area contributed by atoms with Gasteiger partial charge in [-0.15, -0.1) is 0 Å². The minimum absolute atomic E-state index is 0.0596. The number of carbonyl (C=O) groups excluding carboxylic acids is 1. The third kappa shape index (κ3) is 4.82. The molecular formula is C28H33ClN4O3. The molecule has 5 rings (SSSR count). The molecule has 3 aromatic rings. The Balaban J connectivity index is 1.17. The van der Waals surface area contributed by atoms with Gasteiger partial charge in [-0.25, -0.2) is 0 Å². The summed E-state index contributed by atoms with van der Waals surface area (Å²) in [6.45, 7) is 12.2. The van der Waals surface area contributed by atoms with Gasteiger partial charge < -0.3 is 19.5 Å². The van der Waals surface area contributed by atoms with Crippen LogP contribution in [0.1, 0.15) is 34.8 Å². The lowest BCUT2D eigenvalue weighted by atomic mass is 10.1. The topological polar surface area (TPSA) is 66.8 Å². The van der Waals surface area contributed by atoms with Gasteiger partial charge in [0.1, 0.15) is 17.4 Å². The fourth-order valence-electron chi connectivity index (χ4n) is 5.27. The van der Waals surface area contributed by atoms with Crippen molar-refractivity contribution in [2.24, 2.45) is 0 Å². The molecule has 2 aliphatic heterocycles. The van der Waals surface area contributed by atoms with Gasteiger partial charge in [0.2, 0.25) is 5.43 Å². The monoisotopic (exact) mass is 508 g/mol. The molecule has 2 aliphatic rings. The third-order valence-corrected chi connectivity index (χ3v) is 7.49. The van der Waals surface area contributed by atoms with Crippen LogP contribution >= 0.6 is 11.6 Å². The van der Waals surface area contributed by atoms with Crippen molar-refractivity contribution in [3.8, 4) is 5.75 Å². The second-order valence-corrected chi connectivity index (χ2v) is 10.4. The third-order valence-electron chi connectivity index (χ3n) is 7.17. The van der Waals surface area contributed by atoms with Crippen molar-refractivity contribution >= 4 is 34.1 Å². The molecule has 1 saturated heterocycles. The highest BCUT2D eigenvalue weighted by atomic mass is 35.5. The molecule has 1 atom stereocenters. The van der Waals surface area contributed by atoms with Crippen molar-refractivity contribution in [1.82, 2.24) is 14.8 Å². The van der Waals surface area contributed by atoms with Crippen LogP contribution < -0.4 is 20.4 Å². The number of aromatic nitrogens is 1. The first-order chi connectivity index (χ1) is 17.3. The molecule has 0 saturated carbocycles. The summed E-state index contributed by atoms with van der Waals surface area (Å²) in [4.78, 5) is 31.0. The number of nitrogens with one attached hydrogen (secondary N) is 1. The lowest BCUT2D eigenvalue weighted by Gasteiger charge is -2.37. The number of pyridine rings is 1. The number of aryl methyl sites for hydroxylation is 2. The van der Waals surface area contributed by atoms with Gasteiger partial charge in [-0.2, -0.15) is 0 Å². The van der Waals surface area contributed by atoms with Crippen LogP contribution in [0.25, 0.3) is 10.9 Å². The van der Waals surface area contributed by atoms with Crippen molar-refractivity contribution in [2.75, 3.05) is 44.2 Å². The first-order valence-corrected chi connectivity index (χ1v) is 13.0. The highest BCUT2D eigenvalue weighted by molar-refractivity contribution is 6.35. The maximum atomic E-state index is 13.2. The molecule has 3 heterocycles. The fourth-order valence-corrected chi connectivity index (χ4v) is 5.50. The Morgan fingerprint density at radius 3 is 2.69 bits per heavy atom. The maximum Gasteiger partial charge on any atom is 0.256 e. The lowest BCUT2D eigenvalue weighted by Crippen LogP contribution is -2.47. The zero-order chi connectivity index (χ0) is 25.4. The zero-order valence-corrected chi connectivity index (χ0v) is 21.9. The summed E-state index contributed by atoms with van der Waals surface area (Å²) in [7, 11) is 0. The van der Waals surface area contributed by atoms with E-state index < -0.39 is 0 Å². The average Bonchev–Trinajstić information content (AvgIpc) is 2.86. The van der Waals surface area contributed by atoms with E-state index in [2.05, 4.69) is 47.2 Å². The standard InChI is InChI=1S/C28H33ClN4O3/c1-18-5-6-19(2)23(15-18)32-13-11-31(12-14-32)10-4-9-30-28(35)21-17-33-16-20(3)36-24-8-7-22(29)25(26(24)33)27(21)34/h5-8,15,17,20H,4,9-14,16H2,1-3H3,(H,30,35)/t20-/m1/s1. The van der Waals surface area contributed by atoms with Crippen molar-refractivity contribution < 1.29 is 9.53 Å². The smallest absolute Gasteiger partial charge is 0.256 e. The van der Waals surface area contributed by atoms with Crippen LogP contribution in [0.2, 0.25) is 5.02 Å². The van der Waals surface area contributed by atoms with E-state index in [9.17, 15) is 9.59 Å². The number of hydrogen-bond donors (Lipinski definition) is 1. The largest absolute Gasteiger partial charge is 0.487 e. The number of amides is 1.